The highest BCUT2D eigenvalue weighted by Gasteiger charge is 2.18. The van der Waals surface area contributed by atoms with Gasteiger partial charge >= 0.3 is 0 Å². The van der Waals surface area contributed by atoms with Crippen LogP contribution in [-0.4, -0.2) is 29.4 Å². The highest BCUT2D eigenvalue weighted by Crippen LogP contribution is 2.27. The molecule has 0 saturated carbocycles. The lowest BCUT2D eigenvalue weighted by atomic mass is 10.1. The molecule has 1 aromatic heterocycles. The minimum atomic E-state index is 0.112. The van der Waals surface area contributed by atoms with Crippen molar-refractivity contribution in [2.45, 2.75) is 19.8 Å². The average molecular weight is 241 g/mol. The van der Waals surface area contributed by atoms with Crippen molar-refractivity contribution in [2.75, 3.05) is 14.1 Å². The van der Waals surface area contributed by atoms with Crippen LogP contribution < -0.4 is 0 Å². The summed E-state index contributed by atoms with van der Waals surface area (Å²) in [6.07, 6.45) is 0. The van der Waals surface area contributed by atoms with Gasteiger partial charge in [0.05, 0.1) is 0 Å². The second-order valence-electron chi connectivity index (χ2n) is 3.79. The van der Waals surface area contributed by atoms with Gasteiger partial charge in [-0.3, -0.25) is 0 Å². The van der Waals surface area contributed by atoms with E-state index in [1.165, 1.54) is 0 Å². The Morgan fingerprint density at radius 3 is 2.62 bits per heavy atom. The van der Waals surface area contributed by atoms with Gasteiger partial charge < -0.3 is 9.42 Å². The molecule has 0 saturated heterocycles. The zero-order chi connectivity index (χ0) is 12.3. The van der Waals surface area contributed by atoms with E-state index < -0.39 is 0 Å². The van der Waals surface area contributed by atoms with Crippen LogP contribution in [0.25, 0.3) is 0 Å². The molecule has 0 bridgehead atoms. The van der Waals surface area contributed by atoms with E-state index >= 15 is 0 Å². The molecular weight excluding hydrogens is 228 g/mol. The molecule has 0 spiro atoms. The molecule has 0 aliphatic rings. The van der Waals surface area contributed by atoms with Crippen molar-refractivity contribution in [2.24, 2.45) is 4.99 Å². The average Bonchev–Trinajstić information content (AvgIpc) is 2.60. The monoisotopic (exact) mass is 240 g/mol. The van der Waals surface area contributed by atoms with Gasteiger partial charge in [0.15, 0.2) is 0 Å². The molecule has 1 aromatic rings. The molecule has 0 radical (unpaired) electrons. The summed E-state index contributed by atoms with van der Waals surface area (Å²) in [5.74, 6) is 0.269. The standard InChI is InChI=1S/C10H13ClN4O/c1-6(2)8-7(5-12)9(16-14-8)13-10(11)15(3)4/h6H,1-4H3/b13-10+. The Balaban J connectivity index is 3.18. The van der Waals surface area contributed by atoms with Crippen LogP contribution in [0.3, 0.4) is 0 Å². The highest BCUT2D eigenvalue weighted by atomic mass is 35.5. The maximum absolute atomic E-state index is 9.01. The van der Waals surface area contributed by atoms with Crippen molar-refractivity contribution in [1.82, 2.24) is 10.1 Å². The van der Waals surface area contributed by atoms with E-state index in [1.54, 1.807) is 19.0 Å². The SMILES string of the molecule is CC(C)c1noc(/N=C(\Cl)N(C)C)c1C#N. The number of aromatic nitrogens is 1. The number of nitrogens with zero attached hydrogens (tertiary/aromatic N) is 4. The normalized spacial score (nSPS) is 11.7. The molecule has 0 fully saturated rings. The summed E-state index contributed by atoms with van der Waals surface area (Å²) in [6.45, 7) is 3.86. The molecule has 1 rings (SSSR count). The van der Waals surface area contributed by atoms with E-state index in [0.29, 0.717) is 11.3 Å². The van der Waals surface area contributed by atoms with Crippen LogP contribution in [0.1, 0.15) is 31.0 Å². The Kier molecular flexibility index (Phi) is 3.91. The van der Waals surface area contributed by atoms with Crippen LogP contribution in [-0.2, 0) is 0 Å². The van der Waals surface area contributed by atoms with Crippen molar-refractivity contribution in [3.63, 3.8) is 0 Å². The first-order chi connectivity index (χ1) is 7.47. The summed E-state index contributed by atoms with van der Waals surface area (Å²) in [5, 5.41) is 13.1. The van der Waals surface area contributed by atoms with Gasteiger partial charge in [0.1, 0.15) is 17.3 Å². The second kappa shape index (κ2) is 4.99. The van der Waals surface area contributed by atoms with Gasteiger partial charge in [0.25, 0.3) is 5.88 Å². The smallest absolute Gasteiger partial charge is 0.271 e. The van der Waals surface area contributed by atoms with Gasteiger partial charge in [0, 0.05) is 20.0 Å². The Bertz CT molecular complexity index is 442. The van der Waals surface area contributed by atoms with Gasteiger partial charge in [-0.15, -0.1) is 0 Å². The molecule has 0 aromatic carbocycles. The maximum Gasteiger partial charge on any atom is 0.271 e. The van der Waals surface area contributed by atoms with Crippen LogP contribution in [0.15, 0.2) is 9.52 Å². The second-order valence-corrected chi connectivity index (χ2v) is 4.13. The van der Waals surface area contributed by atoms with Crippen molar-refractivity contribution >= 4 is 22.8 Å². The number of halogens is 1. The van der Waals surface area contributed by atoms with Crippen molar-refractivity contribution in [3.8, 4) is 6.07 Å². The van der Waals surface area contributed by atoms with E-state index in [-0.39, 0.29) is 17.1 Å². The molecule has 6 heteroatoms. The minimum Gasteiger partial charge on any atom is -0.353 e. The molecule has 1 heterocycles. The molecule has 0 N–H and O–H groups in total. The quantitative estimate of drug-likeness (QED) is 0.453. The summed E-state index contributed by atoms with van der Waals surface area (Å²) in [7, 11) is 3.50. The van der Waals surface area contributed by atoms with E-state index in [0.717, 1.165) is 0 Å². The van der Waals surface area contributed by atoms with Gasteiger partial charge in [-0.25, -0.2) is 0 Å². The Labute approximate surface area is 99.3 Å². The fraction of sp³-hybridized carbons (Fsp3) is 0.500. The summed E-state index contributed by atoms with van der Waals surface area (Å²) in [5.41, 5.74) is 0.944. The fourth-order valence-electron chi connectivity index (χ4n) is 1.05. The topological polar surface area (TPSA) is 65.4 Å². The van der Waals surface area contributed by atoms with Crippen LogP contribution in [0.5, 0.6) is 0 Å². The lowest BCUT2D eigenvalue weighted by molar-refractivity contribution is 0.417. The number of amidine groups is 1. The van der Waals surface area contributed by atoms with E-state index in [9.17, 15) is 0 Å². The maximum atomic E-state index is 9.01. The van der Waals surface area contributed by atoms with Gasteiger partial charge in [-0.2, -0.15) is 10.3 Å². The van der Waals surface area contributed by atoms with Gasteiger partial charge in [-0.05, 0) is 11.6 Å². The zero-order valence-electron chi connectivity index (χ0n) is 9.65. The molecule has 0 atom stereocenters. The number of rotatable bonds is 2. The first-order valence-electron chi connectivity index (χ1n) is 4.78. The first-order valence-corrected chi connectivity index (χ1v) is 5.16. The largest absolute Gasteiger partial charge is 0.353 e. The molecule has 0 unspecified atom stereocenters. The molecule has 0 aliphatic carbocycles. The first kappa shape index (κ1) is 12.5. The van der Waals surface area contributed by atoms with Gasteiger partial charge in [-0.1, -0.05) is 19.0 Å². The van der Waals surface area contributed by atoms with Crippen LogP contribution in [0.4, 0.5) is 5.88 Å². The third-order valence-corrected chi connectivity index (χ3v) is 2.34. The molecular formula is C10H13ClN4O. The molecule has 86 valence electrons. The summed E-state index contributed by atoms with van der Waals surface area (Å²) >= 11 is 5.85. The number of hydrogen-bond acceptors (Lipinski definition) is 4. The number of aliphatic imine (C=N–C) groups is 1. The Hall–Kier alpha value is -1.54. The third-order valence-electron chi connectivity index (χ3n) is 1.92. The van der Waals surface area contributed by atoms with Crippen molar-refractivity contribution < 1.29 is 4.52 Å². The number of hydrogen-bond donors (Lipinski definition) is 0. The third kappa shape index (κ3) is 2.52. The Morgan fingerprint density at radius 1 is 1.56 bits per heavy atom. The van der Waals surface area contributed by atoms with Crippen LogP contribution >= 0.6 is 11.6 Å². The lowest BCUT2D eigenvalue weighted by Gasteiger charge is -2.06. The summed E-state index contributed by atoms with van der Waals surface area (Å²) in [6, 6.07) is 2.03. The van der Waals surface area contributed by atoms with Crippen LogP contribution in [0, 0.1) is 11.3 Å². The van der Waals surface area contributed by atoms with Crippen LogP contribution in [0.2, 0.25) is 0 Å². The summed E-state index contributed by atoms with van der Waals surface area (Å²) in [4.78, 5) is 5.60. The highest BCUT2D eigenvalue weighted by molar-refractivity contribution is 6.64. The fourth-order valence-corrected chi connectivity index (χ4v) is 1.13. The molecule has 0 aliphatic heterocycles. The molecule has 16 heavy (non-hydrogen) atoms. The lowest BCUT2D eigenvalue weighted by Crippen LogP contribution is -2.15. The molecule has 0 amide bonds. The molecule has 5 nitrogen and oxygen atoms in total. The summed E-state index contributed by atoms with van der Waals surface area (Å²) < 4.78 is 5.00. The zero-order valence-corrected chi connectivity index (χ0v) is 10.4. The number of nitriles is 1. The predicted octanol–water partition coefficient (Wildman–Crippen LogP) is 2.46. The van der Waals surface area contributed by atoms with E-state index in [4.69, 9.17) is 21.4 Å². The Morgan fingerprint density at radius 2 is 2.19 bits per heavy atom. The predicted molar refractivity (Wildman–Crippen MR) is 61.9 cm³/mol. The van der Waals surface area contributed by atoms with E-state index in [2.05, 4.69) is 10.1 Å². The van der Waals surface area contributed by atoms with Crippen molar-refractivity contribution in [1.29, 1.82) is 5.26 Å². The van der Waals surface area contributed by atoms with Crippen molar-refractivity contribution in [3.05, 3.63) is 11.3 Å². The van der Waals surface area contributed by atoms with E-state index in [1.807, 2.05) is 19.9 Å². The minimum absolute atomic E-state index is 0.112. The van der Waals surface area contributed by atoms with Gasteiger partial charge in [0.2, 0.25) is 5.29 Å².